The van der Waals surface area contributed by atoms with Crippen LogP contribution in [0.4, 0.5) is 0 Å². The van der Waals surface area contributed by atoms with E-state index in [0.717, 1.165) is 11.4 Å². The summed E-state index contributed by atoms with van der Waals surface area (Å²) in [6.07, 6.45) is 0. The van der Waals surface area contributed by atoms with Gasteiger partial charge in [0.15, 0.2) is 5.43 Å². The van der Waals surface area contributed by atoms with E-state index in [0.29, 0.717) is 0 Å². The van der Waals surface area contributed by atoms with E-state index >= 15 is 0 Å². The molecule has 0 saturated heterocycles. The molecule has 1 aromatic heterocycles. The Morgan fingerprint density at radius 1 is 1.50 bits per heavy atom. The summed E-state index contributed by atoms with van der Waals surface area (Å²) >= 11 is 0. The Morgan fingerprint density at radius 3 is 2.58 bits per heavy atom. The van der Waals surface area contributed by atoms with Crippen LogP contribution in [0, 0.1) is 25.2 Å². The predicted molar refractivity (Wildman–Crippen MR) is 45.9 cm³/mol. The normalized spacial score (nSPS) is 9.50. The summed E-state index contributed by atoms with van der Waals surface area (Å²) in [5.41, 5.74) is 1.65. The fraction of sp³-hybridized carbons (Fsp3) is 0.333. The maximum atomic E-state index is 11.2. The number of aromatic nitrogens is 1. The quantitative estimate of drug-likeness (QED) is 0.568. The molecule has 1 heterocycles. The lowest BCUT2D eigenvalue weighted by Crippen LogP contribution is -2.15. The van der Waals surface area contributed by atoms with E-state index < -0.39 is 0 Å². The van der Waals surface area contributed by atoms with Gasteiger partial charge in [-0.15, -0.1) is 0 Å². The highest BCUT2D eigenvalue weighted by Crippen LogP contribution is 2.02. The molecule has 0 fully saturated rings. The molecule has 3 nitrogen and oxygen atoms in total. The maximum absolute atomic E-state index is 11.2. The Kier molecular flexibility index (Phi) is 2.01. The molecule has 1 aromatic rings. The van der Waals surface area contributed by atoms with Gasteiger partial charge >= 0.3 is 0 Å². The van der Waals surface area contributed by atoms with E-state index in [1.807, 2.05) is 24.6 Å². The molecular weight excluding hydrogens is 152 g/mol. The van der Waals surface area contributed by atoms with Gasteiger partial charge in [0, 0.05) is 24.5 Å². The molecule has 0 aliphatic rings. The van der Waals surface area contributed by atoms with Crippen LogP contribution in [0.2, 0.25) is 0 Å². The summed E-state index contributed by atoms with van der Waals surface area (Å²) in [4.78, 5) is 11.2. The first kappa shape index (κ1) is 8.54. The lowest BCUT2D eigenvalue weighted by Gasteiger charge is -2.08. The van der Waals surface area contributed by atoms with Crippen LogP contribution in [0.15, 0.2) is 10.9 Å². The third kappa shape index (κ3) is 1.12. The van der Waals surface area contributed by atoms with Gasteiger partial charge in [-0.2, -0.15) is 5.26 Å². The smallest absolute Gasteiger partial charge is 0.199 e. The molecular formula is C9H10N2O. The zero-order chi connectivity index (χ0) is 9.30. The van der Waals surface area contributed by atoms with E-state index in [1.165, 1.54) is 6.07 Å². The van der Waals surface area contributed by atoms with Crippen molar-refractivity contribution in [3.63, 3.8) is 0 Å². The molecule has 12 heavy (non-hydrogen) atoms. The Hall–Kier alpha value is -1.56. The minimum atomic E-state index is -0.189. The lowest BCUT2D eigenvalue weighted by molar-refractivity contribution is 0.808. The van der Waals surface area contributed by atoms with Gasteiger partial charge in [-0.05, 0) is 13.8 Å². The van der Waals surface area contributed by atoms with E-state index in [4.69, 9.17) is 5.26 Å². The molecule has 0 amide bonds. The molecule has 0 aliphatic heterocycles. The number of aryl methyl sites for hydroxylation is 1. The van der Waals surface area contributed by atoms with Gasteiger partial charge in [0.1, 0.15) is 11.6 Å². The number of rotatable bonds is 0. The van der Waals surface area contributed by atoms with Crippen LogP contribution in [-0.4, -0.2) is 4.57 Å². The molecule has 0 bridgehead atoms. The standard InChI is InChI=1S/C9H10N2O/c1-6-4-9(12)8(5-10)7(2)11(6)3/h4H,1-3H3. The van der Waals surface area contributed by atoms with Crippen LogP contribution in [0.3, 0.4) is 0 Å². The third-order valence-electron chi connectivity index (χ3n) is 2.09. The SMILES string of the molecule is Cc1cc(=O)c(C#N)c(C)n1C. The molecule has 3 heteroatoms. The summed E-state index contributed by atoms with van der Waals surface area (Å²) in [5.74, 6) is 0. The summed E-state index contributed by atoms with van der Waals surface area (Å²) in [6, 6.07) is 3.38. The highest BCUT2D eigenvalue weighted by Gasteiger charge is 2.05. The highest BCUT2D eigenvalue weighted by atomic mass is 16.1. The third-order valence-corrected chi connectivity index (χ3v) is 2.09. The lowest BCUT2D eigenvalue weighted by atomic mass is 10.2. The van der Waals surface area contributed by atoms with E-state index in [-0.39, 0.29) is 11.0 Å². The molecule has 0 aliphatic carbocycles. The van der Waals surface area contributed by atoms with E-state index in [1.54, 1.807) is 6.92 Å². The fourth-order valence-corrected chi connectivity index (χ4v) is 1.11. The minimum absolute atomic E-state index is 0.189. The van der Waals surface area contributed by atoms with Crippen molar-refractivity contribution in [1.82, 2.24) is 4.57 Å². The Balaban J connectivity index is 3.66. The van der Waals surface area contributed by atoms with Crippen LogP contribution < -0.4 is 5.43 Å². The zero-order valence-electron chi connectivity index (χ0n) is 7.38. The number of nitriles is 1. The van der Waals surface area contributed by atoms with Crippen molar-refractivity contribution in [2.24, 2.45) is 7.05 Å². The second-order valence-corrected chi connectivity index (χ2v) is 2.78. The highest BCUT2D eigenvalue weighted by molar-refractivity contribution is 5.34. The van der Waals surface area contributed by atoms with Crippen molar-refractivity contribution in [1.29, 1.82) is 5.26 Å². The maximum Gasteiger partial charge on any atom is 0.199 e. The second kappa shape index (κ2) is 2.82. The molecule has 0 atom stereocenters. The number of pyridine rings is 1. The van der Waals surface area contributed by atoms with Crippen molar-refractivity contribution in [2.75, 3.05) is 0 Å². The van der Waals surface area contributed by atoms with E-state index in [9.17, 15) is 4.79 Å². The summed E-state index contributed by atoms with van der Waals surface area (Å²) < 4.78 is 1.83. The van der Waals surface area contributed by atoms with Crippen LogP contribution in [0.1, 0.15) is 17.0 Å². The fourth-order valence-electron chi connectivity index (χ4n) is 1.11. The Labute approximate surface area is 70.9 Å². The minimum Gasteiger partial charge on any atom is -0.351 e. The molecule has 0 radical (unpaired) electrons. The van der Waals surface area contributed by atoms with Crippen molar-refractivity contribution in [3.8, 4) is 6.07 Å². The first-order chi connectivity index (χ1) is 5.57. The van der Waals surface area contributed by atoms with Crippen molar-refractivity contribution in [2.45, 2.75) is 13.8 Å². The van der Waals surface area contributed by atoms with Crippen molar-refractivity contribution in [3.05, 3.63) is 33.2 Å². The topological polar surface area (TPSA) is 45.8 Å². The predicted octanol–water partition coefficient (Wildman–Crippen LogP) is 0.874. The van der Waals surface area contributed by atoms with Gasteiger partial charge in [0.05, 0.1) is 0 Å². The van der Waals surface area contributed by atoms with Gasteiger partial charge in [0.2, 0.25) is 0 Å². The van der Waals surface area contributed by atoms with Crippen LogP contribution in [0.25, 0.3) is 0 Å². The molecule has 0 N–H and O–H groups in total. The van der Waals surface area contributed by atoms with Gasteiger partial charge in [-0.25, -0.2) is 0 Å². The zero-order valence-corrected chi connectivity index (χ0v) is 7.38. The first-order valence-electron chi connectivity index (χ1n) is 3.65. The average molecular weight is 162 g/mol. The largest absolute Gasteiger partial charge is 0.351 e. The van der Waals surface area contributed by atoms with Crippen molar-refractivity contribution < 1.29 is 0 Å². The van der Waals surface area contributed by atoms with Gasteiger partial charge in [-0.1, -0.05) is 0 Å². The van der Waals surface area contributed by atoms with Gasteiger partial charge < -0.3 is 4.57 Å². The Bertz CT molecular complexity index is 410. The molecule has 0 saturated carbocycles. The molecule has 0 spiro atoms. The molecule has 0 aromatic carbocycles. The second-order valence-electron chi connectivity index (χ2n) is 2.78. The van der Waals surface area contributed by atoms with Gasteiger partial charge in [-0.3, -0.25) is 4.79 Å². The average Bonchev–Trinajstić information content (AvgIpc) is 2.01. The van der Waals surface area contributed by atoms with Crippen molar-refractivity contribution >= 4 is 0 Å². The number of hydrogen-bond acceptors (Lipinski definition) is 2. The molecule has 1 rings (SSSR count). The summed E-state index contributed by atoms with van der Waals surface area (Å²) in [5, 5.41) is 8.65. The number of hydrogen-bond donors (Lipinski definition) is 0. The van der Waals surface area contributed by atoms with E-state index in [2.05, 4.69) is 0 Å². The van der Waals surface area contributed by atoms with Crippen LogP contribution in [0.5, 0.6) is 0 Å². The van der Waals surface area contributed by atoms with Gasteiger partial charge in [0.25, 0.3) is 0 Å². The summed E-state index contributed by atoms with van der Waals surface area (Å²) in [7, 11) is 1.84. The van der Waals surface area contributed by atoms with Crippen LogP contribution in [-0.2, 0) is 7.05 Å². The Morgan fingerprint density at radius 2 is 2.08 bits per heavy atom. The van der Waals surface area contributed by atoms with Crippen LogP contribution >= 0.6 is 0 Å². The molecule has 0 unspecified atom stereocenters. The number of nitrogens with zero attached hydrogens (tertiary/aromatic N) is 2. The monoisotopic (exact) mass is 162 g/mol. The molecule has 62 valence electrons. The first-order valence-corrected chi connectivity index (χ1v) is 3.65. The summed E-state index contributed by atoms with van der Waals surface area (Å²) in [6.45, 7) is 3.61.